The summed E-state index contributed by atoms with van der Waals surface area (Å²) in [5.41, 5.74) is 0.441. The first-order valence-corrected chi connectivity index (χ1v) is 8.16. The Morgan fingerprint density at radius 3 is 3.00 bits per heavy atom. The van der Waals surface area contributed by atoms with Gasteiger partial charge in [0.1, 0.15) is 11.2 Å². The summed E-state index contributed by atoms with van der Waals surface area (Å²) in [6.45, 7) is 2.04. The smallest absolute Gasteiger partial charge is 0.267 e. The Labute approximate surface area is 140 Å². The Morgan fingerprint density at radius 1 is 1.41 bits per heavy atom. The lowest BCUT2D eigenvalue weighted by Gasteiger charge is -2.00. The van der Waals surface area contributed by atoms with Crippen LogP contribution in [-0.4, -0.2) is 15.9 Å². The van der Waals surface area contributed by atoms with Crippen molar-refractivity contribution in [2.24, 2.45) is 5.10 Å². The Hall–Kier alpha value is -1.69. The predicted molar refractivity (Wildman–Crippen MR) is 92.7 cm³/mol. The number of aryl methyl sites for hydroxylation is 1. The zero-order valence-corrected chi connectivity index (χ0v) is 13.9. The summed E-state index contributed by atoms with van der Waals surface area (Å²) in [6.07, 6.45) is 3.79. The number of hydrogen-bond acceptors (Lipinski definition) is 4. The molecule has 0 atom stereocenters. The van der Waals surface area contributed by atoms with E-state index < -0.39 is 0 Å². The number of benzene rings is 1. The van der Waals surface area contributed by atoms with Gasteiger partial charge in [0.25, 0.3) is 5.56 Å². The largest absolute Gasteiger partial charge is 0.282 e. The summed E-state index contributed by atoms with van der Waals surface area (Å²) in [5, 5.41) is 5.57. The van der Waals surface area contributed by atoms with Gasteiger partial charge in [0, 0.05) is 10.4 Å². The van der Waals surface area contributed by atoms with Crippen LogP contribution in [0.5, 0.6) is 0 Å². The number of hydrogen-bond donors (Lipinski definition) is 0. The molecular weight excluding hydrogens is 341 g/mol. The maximum absolute atomic E-state index is 12.4. The minimum Gasteiger partial charge on any atom is -0.267 e. The molecule has 0 N–H and O–H groups in total. The monoisotopic (exact) mass is 351 g/mol. The van der Waals surface area contributed by atoms with Crippen LogP contribution < -0.4 is 5.56 Å². The second-order valence-electron chi connectivity index (χ2n) is 4.57. The van der Waals surface area contributed by atoms with Crippen molar-refractivity contribution < 1.29 is 0 Å². The van der Waals surface area contributed by atoms with E-state index in [0.29, 0.717) is 21.0 Å². The highest BCUT2D eigenvalue weighted by molar-refractivity contribution is 7.18. The van der Waals surface area contributed by atoms with Crippen LogP contribution in [0.2, 0.25) is 10.0 Å². The summed E-state index contributed by atoms with van der Waals surface area (Å²) in [6, 6.07) is 7.10. The molecule has 1 aromatic carbocycles. The Morgan fingerprint density at radius 2 is 2.23 bits per heavy atom. The van der Waals surface area contributed by atoms with Gasteiger partial charge in [-0.25, -0.2) is 4.98 Å². The third kappa shape index (κ3) is 2.79. The molecule has 0 aliphatic carbocycles. The highest BCUT2D eigenvalue weighted by atomic mass is 35.5. The van der Waals surface area contributed by atoms with Gasteiger partial charge >= 0.3 is 0 Å². The van der Waals surface area contributed by atoms with Gasteiger partial charge in [-0.2, -0.15) is 9.78 Å². The molecule has 0 fully saturated rings. The summed E-state index contributed by atoms with van der Waals surface area (Å²) < 4.78 is 1.20. The zero-order chi connectivity index (χ0) is 15.7. The van der Waals surface area contributed by atoms with Gasteiger partial charge < -0.3 is 0 Å². The summed E-state index contributed by atoms with van der Waals surface area (Å²) in [7, 11) is 0. The molecule has 3 aromatic rings. The highest BCUT2D eigenvalue weighted by Gasteiger charge is 2.08. The van der Waals surface area contributed by atoms with Gasteiger partial charge in [-0.05, 0) is 18.6 Å². The van der Waals surface area contributed by atoms with Crippen LogP contribution in [0.1, 0.15) is 17.4 Å². The number of nitrogens with zero attached hydrogens (tertiary/aromatic N) is 3. The third-order valence-electron chi connectivity index (χ3n) is 3.14. The summed E-state index contributed by atoms with van der Waals surface area (Å²) in [5.74, 6) is 0. The summed E-state index contributed by atoms with van der Waals surface area (Å²) >= 11 is 13.6. The molecule has 0 radical (unpaired) electrons. The van der Waals surface area contributed by atoms with Crippen LogP contribution >= 0.6 is 34.5 Å². The molecule has 0 aliphatic rings. The molecule has 0 aliphatic heterocycles. The number of rotatable bonds is 3. The lowest BCUT2D eigenvalue weighted by atomic mass is 10.2. The second kappa shape index (κ2) is 6.20. The maximum Gasteiger partial charge on any atom is 0.282 e. The molecule has 0 spiro atoms. The lowest BCUT2D eigenvalue weighted by molar-refractivity contribution is 0.818. The average molecular weight is 352 g/mol. The zero-order valence-electron chi connectivity index (χ0n) is 11.6. The molecule has 22 heavy (non-hydrogen) atoms. The molecule has 2 heterocycles. The molecule has 112 valence electrons. The first-order valence-electron chi connectivity index (χ1n) is 6.58. The normalized spacial score (nSPS) is 11.6. The number of fused-ring (bicyclic) bond motifs is 1. The van der Waals surface area contributed by atoms with Crippen molar-refractivity contribution in [2.75, 3.05) is 0 Å². The van der Waals surface area contributed by atoms with Gasteiger partial charge in [-0.1, -0.05) is 42.3 Å². The molecule has 2 aromatic heterocycles. The van der Waals surface area contributed by atoms with Gasteiger partial charge in [-0.15, -0.1) is 11.3 Å². The van der Waals surface area contributed by atoms with Gasteiger partial charge in [0.05, 0.1) is 21.6 Å². The molecule has 0 saturated carbocycles. The number of thiophene rings is 1. The molecule has 7 heteroatoms. The number of aromatic nitrogens is 2. The molecule has 4 nitrogen and oxygen atoms in total. The van der Waals surface area contributed by atoms with Crippen molar-refractivity contribution in [3.05, 3.63) is 61.4 Å². The van der Waals surface area contributed by atoms with E-state index in [0.717, 1.165) is 16.1 Å². The summed E-state index contributed by atoms with van der Waals surface area (Å²) in [4.78, 5) is 18.5. The van der Waals surface area contributed by atoms with Crippen LogP contribution in [0, 0.1) is 0 Å². The van der Waals surface area contributed by atoms with Crippen LogP contribution in [0.25, 0.3) is 10.2 Å². The van der Waals surface area contributed by atoms with Crippen molar-refractivity contribution >= 4 is 51.0 Å². The second-order valence-corrected chi connectivity index (χ2v) is 6.47. The minimum absolute atomic E-state index is 0.199. The lowest BCUT2D eigenvalue weighted by Crippen LogP contribution is -2.16. The van der Waals surface area contributed by atoms with Gasteiger partial charge in [-0.3, -0.25) is 4.79 Å². The predicted octanol–water partition coefficient (Wildman–Crippen LogP) is 4.21. The first-order chi connectivity index (χ1) is 10.6. The fourth-order valence-corrected chi connectivity index (χ4v) is 3.25. The quantitative estimate of drug-likeness (QED) is 0.663. The SMILES string of the molecule is CCc1cc2c(=O)n(/N=C\c3cccc(Cl)c3Cl)cnc2s1. The highest BCUT2D eigenvalue weighted by Crippen LogP contribution is 2.24. The van der Waals surface area contributed by atoms with Crippen molar-refractivity contribution in [2.45, 2.75) is 13.3 Å². The van der Waals surface area contributed by atoms with Crippen molar-refractivity contribution in [3.8, 4) is 0 Å². The third-order valence-corrected chi connectivity index (χ3v) is 5.16. The van der Waals surface area contributed by atoms with Crippen molar-refractivity contribution in [3.63, 3.8) is 0 Å². The van der Waals surface area contributed by atoms with Crippen LogP contribution in [0.4, 0.5) is 0 Å². The maximum atomic E-state index is 12.4. The van der Waals surface area contributed by atoms with E-state index in [2.05, 4.69) is 10.1 Å². The van der Waals surface area contributed by atoms with E-state index in [9.17, 15) is 4.79 Å². The minimum atomic E-state index is -0.199. The van der Waals surface area contributed by atoms with E-state index in [-0.39, 0.29) is 5.56 Å². The van der Waals surface area contributed by atoms with Crippen LogP contribution in [-0.2, 0) is 6.42 Å². The van der Waals surface area contributed by atoms with E-state index in [1.54, 1.807) is 18.2 Å². The van der Waals surface area contributed by atoms with Crippen LogP contribution in [0.3, 0.4) is 0 Å². The van der Waals surface area contributed by atoms with Gasteiger partial charge in [0.2, 0.25) is 0 Å². The molecular formula is C15H11Cl2N3OS. The molecule has 3 rings (SSSR count). The van der Waals surface area contributed by atoms with E-state index in [1.165, 1.54) is 28.6 Å². The number of halogens is 2. The van der Waals surface area contributed by atoms with Gasteiger partial charge in [0.15, 0.2) is 0 Å². The first kappa shape index (κ1) is 15.2. The van der Waals surface area contributed by atoms with Crippen LogP contribution in [0.15, 0.2) is 40.5 Å². The standard InChI is InChI=1S/C15H11Cl2N3OS/c1-2-10-6-11-14(22-10)18-8-20(15(11)21)19-7-9-4-3-5-12(16)13(9)17/h3-8H,2H2,1H3/b19-7-. The Balaban J connectivity index is 2.03. The Bertz CT molecular complexity index is 930. The van der Waals surface area contributed by atoms with Crippen molar-refractivity contribution in [1.82, 2.24) is 9.66 Å². The average Bonchev–Trinajstić information content (AvgIpc) is 2.94. The fraction of sp³-hybridized carbons (Fsp3) is 0.133. The molecule has 0 unspecified atom stereocenters. The van der Waals surface area contributed by atoms with Crippen molar-refractivity contribution in [1.29, 1.82) is 0 Å². The van der Waals surface area contributed by atoms with E-state index in [4.69, 9.17) is 23.2 Å². The van der Waals surface area contributed by atoms with E-state index >= 15 is 0 Å². The Kier molecular flexibility index (Phi) is 4.29. The molecule has 0 saturated heterocycles. The topological polar surface area (TPSA) is 47.2 Å². The molecule has 0 amide bonds. The van der Waals surface area contributed by atoms with E-state index in [1.807, 2.05) is 13.0 Å². The molecule has 0 bridgehead atoms. The fourth-order valence-electron chi connectivity index (χ4n) is 1.96.